The van der Waals surface area contributed by atoms with Crippen LogP contribution >= 0.6 is 11.3 Å². The fraction of sp³-hybridized carbons (Fsp3) is 0.368. The van der Waals surface area contributed by atoms with Crippen LogP contribution in [0.2, 0.25) is 0 Å². The quantitative estimate of drug-likeness (QED) is 0.271. The van der Waals surface area contributed by atoms with Gasteiger partial charge < -0.3 is 14.8 Å². The highest BCUT2D eigenvalue weighted by Crippen LogP contribution is 2.26. The van der Waals surface area contributed by atoms with Crippen molar-refractivity contribution < 1.29 is 42.2 Å². The first-order valence-corrected chi connectivity index (χ1v) is 10.2. The van der Waals surface area contributed by atoms with Crippen LogP contribution in [-0.4, -0.2) is 59.0 Å². The maximum absolute atomic E-state index is 12.4. The third kappa shape index (κ3) is 6.24. The summed E-state index contributed by atoms with van der Waals surface area (Å²) in [5, 5.41) is 13.9. The average molecular weight is 473 g/mol. The van der Waals surface area contributed by atoms with Crippen molar-refractivity contribution in [2.45, 2.75) is 25.6 Å². The number of nitrogens with zero attached hydrogens (tertiary/aromatic N) is 2. The first-order valence-electron chi connectivity index (χ1n) is 9.36. The number of halogens is 3. The molecular weight excluding hydrogens is 455 g/mol. The normalized spacial score (nSPS) is 13.2. The molecule has 172 valence electrons. The van der Waals surface area contributed by atoms with E-state index in [1.807, 2.05) is 0 Å². The summed E-state index contributed by atoms with van der Waals surface area (Å²) in [6.45, 7) is 0.613. The van der Waals surface area contributed by atoms with Crippen LogP contribution in [0.3, 0.4) is 0 Å². The Morgan fingerprint density at radius 2 is 2.06 bits per heavy atom. The van der Waals surface area contributed by atoms with Crippen LogP contribution in [0.15, 0.2) is 24.4 Å². The van der Waals surface area contributed by atoms with Gasteiger partial charge in [0.05, 0.1) is 17.6 Å². The van der Waals surface area contributed by atoms with Gasteiger partial charge in [0.1, 0.15) is 5.75 Å². The molecule has 0 aromatic carbocycles. The summed E-state index contributed by atoms with van der Waals surface area (Å²) in [5.74, 6) is -4.57. The van der Waals surface area contributed by atoms with E-state index in [4.69, 9.17) is 4.74 Å². The van der Waals surface area contributed by atoms with Gasteiger partial charge in [-0.3, -0.25) is 15.0 Å². The zero-order valence-electron chi connectivity index (χ0n) is 16.5. The maximum Gasteiger partial charge on any atom is 0.491 e. The molecule has 0 saturated carbocycles. The second kappa shape index (κ2) is 10.1. The number of amides is 1. The van der Waals surface area contributed by atoms with Gasteiger partial charge >= 0.3 is 18.1 Å². The molecule has 3 heterocycles. The molecule has 0 saturated heterocycles. The van der Waals surface area contributed by atoms with Gasteiger partial charge in [0.15, 0.2) is 6.61 Å². The molecule has 0 aliphatic carbocycles. The molecule has 9 nitrogen and oxygen atoms in total. The third-order valence-electron chi connectivity index (χ3n) is 4.36. The Morgan fingerprint density at radius 3 is 2.72 bits per heavy atom. The van der Waals surface area contributed by atoms with Crippen molar-refractivity contribution in [3.05, 3.63) is 45.4 Å². The first-order chi connectivity index (χ1) is 15.1. The first kappa shape index (κ1) is 23.6. The van der Waals surface area contributed by atoms with Gasteiger partial charge in [-0.1, -0.05) is 0 Å². The lowest BCUT2D eigenvalue weighted by atomic mass is 10.1. The molecular formula is C19H18F3N3O6S. The molecule has 32 heavy (non-hydrogen) atoms. The summed E-state index contributed by atoms with van der Waals surface area (Å²) in [6, 6.07) is 4.66. The second-order valence-electron chi connectivity index (χ2n) is 6.70. The van der Waals surface area contributed by atoms with Crippen molar-refractivity contribution in [3.8, 4) is 5.75 Å². The number of hydrogen-bond donors (Lipinski definition) is 2. The minimum Gasteiger partial charge on any atom is -0.480 e. The van der Waals surface area contributed by atoms with Gasteiger partial charge in [-0.25, -0.2) is 14.7 Å². The number of carbonyl (C=O) groups excluding carboxylic acids is 3. The molecule has 1 aliphatic rings. The molecule has 0 bridgehead atoms. The molecule has 2 N–H and O–H groups in total. The number of nitrogens with one attached hydrogen (secondary N) is 1. The van der Waals surface area contributed by atoms with E-state index in [2.05, 4.69) is 15.0 Å². The van der Waals surface area contributed by atoms with Gasteiger partial charge in [0.2, 0.25) is 0 Å². The van der Waals surface area contributed by atoms with Crippen molar-refractivity contribution in [1.82, 2.24) is 15.4 Å². The van der Waals surface area contributed by atoms with Crippen molar-refractivity contribution in [1.29, 1.82) is 0 Å². The summed E-state index contributed by atoms with van der Waals surface area (Å²) in [7, 11) is 0. The fourth-order valence-electron chi connectivity index (χ4n) is 2.78. The van der Waals surface area contributed by atoms with E-state index in [0.29, 0.717) is 22.2 Å². The van der Waals surface area contributed by atoms with Gasteiger partial charge in [0.25, 0.3) is 5.91 Å². The molecule has 0 unspecified atom stereocenters. The highest BCUT2D eigenvalue weighted by molar-refractivity contribution is 7.14. The van der Waals surface area contributed by atoms with Crippen LogP contribution in [0, 0.1) is 0 Å². The van der Waals surface area contributed by atoms with Crippen molar-refractivity contribution in [2.24, 2.45) is 0 Å². The van der Waals surface area contributed by atoms with Crippen LogP contribution in [0.1, 0.15) is 25.8 Å². The van der Waals surface area contributed by atoms with E-state index < -0.39 is 30.6 Å². The highest BCUT2D eigenvalue weighted by atomic mass is 32.1. The van der Waals surface area contributed by atoms with E-state index in [1.165, 1.54) is 29.7 Å². The van der Waals surface area contributed by atoms with Crippen LogP contribution in [0.5, 0.6) is 5.75 Å². The standard InChI is InChI=1S/C19H18F3N3O6S/c20-19(21,22)18(28)31-16(26)10-30-13-2-1-12(24-9-13)4-6-25(29)17(27)15-7-11-8-23-5-3-14(11)32-15/h1-2,7,9,23,29H,3-6,8,10H2. The molecule has 13 heteroatoms. The van der Waals surface area contributed by atoms with Gasteiger partial charge in [0, 0.05) is 30.1 Å². The topological polar surface area (TPSA) is 118 Å². The molecule has 2 aromatic heterocycles. The van der Waals surface area contributed by atoms with Crippen LogP contribution in [0.4, 0.5) is 13.2 Å². The zero-order chi connectivity index (χ0) is 23.3. The summed E-state index contributed by atoms with van der Waals surface area (Å²) < 4.78 is 44.6. The molecule has 0 atom stereocenters. The lowest BCUT2D eigenvalue weighted by Gasteiger charge is -2.13. The highest BCUT2D eigenvalue weighted by Gasteiger charge is 2.42. The van der Waals surface area contributed by atoms with E-state index in [9.17, 15) is 32.8 Å². The fourth-order valence-corrected chi connectivity index (χ4v) is 3.91. The van der Waals surface area contributed by atoms with Gasteiger partial charge in [-0.05, 0) is 30.2 Å². The third-order valence-corrected chi connectivity index (χ3v) is 5.58. The number of hydrogen-bond acceptors (Lipinski definition) is 9. The largest absolute Gasteiger partial charge is 0.491 e. The number of fused-ring (bicyclic) bond motifs is 1. The minimum atomic E-state index is -5.28. The minimum absolute atomic E-state index is 0.0151. The lowest BCUT2D eigenvalue weighted by Crippen LogP contribution is -2.30. The Hall–Kier alpha value is -3.03. The zero-order valence-corrected chi connectivity index (χ0v) is 17.3. The number of alkyl halides is 3. The van der Waals surface area contributed by atoms with E-state index >= 15 is 0 Å². The predicted octanol–water partition coefficient (Wildman–Crippen LogP) is 1.87. The van der Waals surface area contributed by atoms with E-state index in [0.717, 1.165) is 23.4 Å². The molecule has 0 radical (unpaired) electrons. The molecule has 1 amide bonds. The van der Waals surface area contributed by atoms with Gasteiger partial charge in [-0.15, -0.1) is 11.3 Å². The van der Waals surface area contributed by atoms with E-state index in [1.54, 1.807) is 6.07 Å². The molecule has 0 fully saturated rings. The Labute approximate surface area is 183 Å². The van der Waals surface area contributed by atoms with Crippen LogP contribution in [-0.2, 0) is 33.7 Å². The Morgan fingerprint density at radius 1 is 1.28 bits per heavy atom. The number of ether oxygens (including phenoxy) is 2. The number of thiophene rings is 1. The monoisotopic (exact) mass is 473 g/mol. The summed E-state index contributed by atoms with van der Waals surface area (Å²) in [4.78, 5) is 39.8. The van der Waals surface area contributed by atoms with Crippen molar-refractivity contribution in [2.75, 3.05) is 19.7 Å². The average Bonchev–Trinajstić information content (AvgIpc) is 3.19. The number of pyridine rings is 1. The number of aromatic nitrogens is 1. The van der Waals surface area contributed by atoms with Crippen molar-refractivity contribution in [3.63, 3.8) is 0 Å². The number of hydroxylamine groups is 2. The van der Waals surface area contributed by atoms with Crippen LogP contribution in [0.25, 0.3) is 0 Å². The second-order valence-corrected chi connectivity index (χ2v) is 7.83. The maximum atomic E-state index is 12.4. The Balaban J connectivity index is 1.45. The lowest BCUT2D eigenvalue weighted by molar-refractivity contribution is -0.202. The number of rotatable bonds is 7. The van der Waals surface area contributed by atoms with Gasteiger partial charge in [-0.2, -0.15) is 13.2 Å². The van der Waals surface area contributed by atoms with E-state index in [-0.39, 0.29) is 18.7 Å². The Bertz CT molecular complexity index is 970. The van der Waals surface area contributed by atoms with Crippen LogP contribution < -0.4 is 10.1 Å². The summed E-state index contributed by atoms with van der Waals surface area (Å²) in [6.07, 6.45) is -3.01. The molecule has 3 rings (SSSR count). The Kier molecular flexibility index (Phi) is 7.43. The number of esters is 2. The molecule has 1 aliphatic heterocycles. The smallest absolute Gasteiger partial charge is 0.480 e. The van der Waals surface area contributed by atoms with Crippen molar-refractivity contribution >= 4 is 29.2 Å². The molecule has 2 aromatic rings. The predicted molar refractivity (Wildman–Crippen MR) is 103 cm³/mol. The SMILES string of the molecule is O=C(COc1ccc(CCN(O)C(=O)c2cc3c(s2)CCNC3)nc1)OC(=O)C(F)(F)F. The summed E-state index contributed by atoms with van der Waals surface area (Å²) in [5.41, 5.74) is 1.55. The molecule has 0 spiro atoms. The summed E-state index contributed by atoms with van der Waals surface area (Å²) >= 11 is 1.36. The number of carbonyl (C=O) groups is 3.